The standard InChI is InChI=1S/C26H26N4O4S/c1-4-21(17-9-6-5-7-10-17)23(32)27-19-12-8-11-18(13-19)25(33)34-15-20-14-22(31)30-26(28-20)35-24(29-30)16(2)3/h5-14,16,21H,4,15H2,1-3H3,(H,27,32)/t21-/m0/s1. The summed E-state index contributed by atoms with van der Waals surface area (Å²) in [6, 6.07) is 17.5. The molecule has 1 amide bonds. The van der Waals surface area contributed by atoms with E-state index in [1.54, 1.807) is 24.3 Å². The van der Waals surface area contributed by atoms with Crippen LogP contribution in [0.15, 0.2) is 65.5 Å². The first-order chi connectivity index (χ1) is 16.9. The topological polar surface area (TPSA) is 103 Å². The molecule has 2 aromatic heterocycles. The van der Waals surface area contributed by atoms with Gasteiger partial charge >= 0.3 is 5.97 Å². The molecule has 1 atom stereocenters. The minimum absolute atomic E-state index is 0.146. The van der Waals surface area contributed by atoms with Crippen LogP contribution in [0.2, 0.25) is 0 Å². The number of hydrogen-bond acceptors (Lipinski definition) is 7. The maximum atomic E-state index is 12.8. The van der Waals surface area contributed by atoms with E-state index in [2.05, 4.69) is 15.4 Å². The summed E-state index contributed by atoms with van der Waals surface area (Å²) >= 11 is 1.33. The van der Waals surface area contributed by atoms with Crippen LogP contribution < -0.4 is 10.9 Å². The van der Waals surface area contributed by atoms with Crippen molar-refractivity contribution in [1.29, 1.82) is 0 Å². The summed E-state index contributed by atoms with van der Waals surface area (Å²) in [5.41, 5.74) is 1.75. The molecule has 0 fully saturated rings. The number of nitrogens with one attached hydrogen (secondary N) is 1. The summed E-state index contributed by atoms with van der Waals surface area (Å²) in [5.74, 6) is -0.844. The summed E-state index contributed by atoms with van der Waals surface area (Å²) < 4.78 is 6.65. The molecule has 180 valence electrons. The molecule has 2 heterocycles. The van der Waals surface area contributed by atoms with Gasteiger partial charge in [0.15, 0.2) is 0 Å². The third-order valence-corrected chi connectivity index (χ3v) is 6.66. The summed E-state index contributed by atoms with van der Waals surface area (Å²) in [6.07, 6.45) is 0.646. The fourth-order valence-corrected chi connectivity index (χ4v) is 4.54. The SMILES string of the molecule is CC[C@H](C(=O)Nc1cccc(C(=O)OCc2cc(=O)n3nc(C(C)C)sc3n2)c1)c1ccccc1. The van der Waals surface area contributed by atoms with Crippen molar-refractivity contribution in [1.82, 2.24) is 14.6 Å². The van der Waals surface area contributed by atoms with Gasteiger partial charge in [0, 0.05) is 17.7 Å². The Balaban J connectivity index is 1.43. The van der Waals surface area contributed by atoms with E-state index in [9.17, 15) is 14.4 Å². The van der Waals surface area contributed by atoms with Gasteiger partial charge in [0.05, 0.1) is 17.2 Å². The van der Waals surface area contributed by atoms with Crippen LogP contribution in [0.4, 0.5) is 5.69 Å². The third kappa shape index (κ3) is 5.63. The van der Waals surface area contributed by atoms with E-state index in [0.717, 1.165) is 10.6 Å². The maximum absolute atomic E-state index is 12.8. The van der Waals surface area contributed by atoms with Crippen LogP contribution in [0.1, 0.15) is 65.7 Å². The van der Waals surface area contributed by atoms with E-state index in [0.29, 0.717) is 22.8 Å². The van der Waals surface area contributed by atoms with E-state index in [1.807, 2.05) is 51.1 Å². The molecule has 9 heteroatoms. The Morgan fingerprint density at radius 3 is 2.57 bits per heavy atom. The van der Waals surface area contributed by atoms with E-state index in [1.165, 1.54) is 21.9 Å². The molecule has 2 aromatic carbocycles. The quantitative estimate of drug-likeness (QED) is 0.357. The van der Waals surface area contributed by atoms with Crippen molar-refractivity contribution in [2.24, 2.45) is 0 Å². The first-order valence-corrected chi connectivity index (χ1v) is 12.2. The molecular weight excluding hydrogens is 464 g/mol. The minimum Gasteiger partial charge on any atom is -0.456 e. The Labute approximate surface area is 206 Å². The summed E-state index contributed by atoms with van der Waals surface area (Å²) in [4.78, 5) is 42.7. The van der Waals surface area contributed by atoms with Crippen LogP contribution in [0.5, 0.6) is 0 Å². The molecule has 35 heavy (non-hydrogen) atoms. The second-order valence-corrected chi connectivity index (χ2v) is 9.38. The van der Waals surface area contributed by atoms with Gasteiger partial charge in [-0.05, 0) is 30.2 Å². The van der Waals surface area contributed by atoms with Gasteiger partial charge in [-0.1, -0.05) is 68.5 Å². The van der Waals surface area contributed by atoms with Crippen LogP contribution in [0.25, 0.3) is 4.96 Å². The van der Waals surface area contributed by atoms with Crippen LogP contribution in [0.3, 0.4) is 0 Å². The highest BCUT2D eigenvalue weighted by Gasteiger charge is 2.19. The Kier molecular flexibility index (Phi) is 7.36. The number of carbonyl (C=O) groups is 2. The Hall–Kier alpha value is -3.85. The van der Waals surface area contributed by atoms with Gasteiger partial charge in [-0.2, -0.15) is 9.61 Å². The number of benzene rings is 2. The molecule has 0 saturated heterocycles. The monoisotopic (exact) mass is 490 g/mol. The Morgan fingerprint density at radius 1 is 1.09 bits per heavy atom. The van der Waals surface area contributed by atoms with Crippen molar-refractivity contribution < 1.29 is 14.3 Å². The summed E-state index contributed by atoms with van der Waals surface area (Å²) in [6.45, 7) is 5.79. The molecule has 0 aliphatic rings. The van der Waals surface area contributed by atoms with Crippen LogP contribution in [-0.2, 0) is 16.1 Å². The van der Waals surface area contributed by atoms with Gasteiger partial charge in [-0.25, -0.2) is 9.78 Å². The number of hydrogen-bond donors (Lipinski definition) is 1. The molecule has 4 rings (SSSR count). The highest BCUT2D eigenvalue weighted by molar-refractivity contribution is 7.16. The van der Waals surface area contributed by atoms with Crippen molar-refractivity contribution >= 4 is 33.9 Å². The molecule has 8 nitrogen and oxygen atoms in total. The molecule has 0 bridgehead atoms. The number of carbonyl (C=O) groups excluding carboxylic acids is 2. The second-order valence-electron chi connectivity index (χ2n) is 8.39. The second kappa shape index (κ2) is 10.6. The average Bonchev–Trinajstić information content (AvgIpc) is 3.29. The first kappa shape index (κ1) is 24.3. The fraction of sp³-hybridized carbons (Fsp3) is 0.269. The Bertz CT molecular complexity index is 1410. The number of amides is 1. The Morgan fingerprint density at radius 2 is 1.86 bits per heavy atom. The van der Waals surface area contributed by atoms with E-state index in [-0.39, 0.29) is 35.5 Å². The van der Waals surface area contributed by atoms with Crippen molar-refractivity contribution in [3.63, 3.8) is 0 Å². The van der Waals surface area contributed by atoms with Crippen molar-refractivity contribution in [3.8, 4) is 0 Å². The van der Waals surface area contributed by atoms with Crippen molar-refractivity contribution in [2.75, 3.05) is 5.32 Å². The van der Waals surface area contributed by atoms with Crippen molar-refractivity contribution in [2.45, 2.75) is 45.6 Å². The molecule has 0 spiro atoms. The van der Waals surface area contributed by atoms with Crippen LogP contribution in [-0.4, -0.2) is 26.5 Å². The minimum atomic E-state index is -0.578. The molecule has 0 aliphatic heterocycles. The molecule has 0 aliphatic carbocycles. The molecule has 0 unspecified atom stereocenters. The lowest BCUT2D eigenvalue weighted by atomic mass is 9.95. The number of esters is 1. The number of ether oxygens (including phenoxy) is 1. The van der Waals surface area contributed by atoms with E-state index in [4.69, 9.17) is 4.74 Å². The van der Waals surface area contributed by atoms with Crippen LogP contribution >= 0.6 is 11.3 Å². The lowest BCUT2D eigenvalue weighted by Crippen LogP contribution is -2.21. The predicted octanol–water partition coefficient (Wildman–Crippen LogP) is 4.76. The zero-order valence-electron chi connectivity index (χ0n) is 19.7. The van der Waals surface area contributed by atoms with Gasteiger partial charge in [-0.15, -0.1) is 0 Å². The predicted molar refractivity (Wildman–Crippen MR) is 135 cm³/mol. The number of anilines is 1. The van der Waals surface area contributed by atoms with Crippen molar-refractivity contribution in [3.05, 3.63) is 92.8 Å². The highest BCUT2D eigenvalue weighted by Crippen LogP contribution is 2.23. The van der Waals surface area contributed by atoms with E-state index < -0.39 is 5.97 Å². The zero-order chi connectivity index (χ0) is 24.9. The highest BCUT2D eigenvalue weighted by atomic mass is 32.1. The smallest absolute Gasteiger partial charge is 0.338 e. The number of fused-ring (bicyclic) bond motifs is 1. The van der Waals surface area contributed by atoms with Gasteiger partial charge in [-0.3, -0.25) is 9.59 Å². The molecule has 0 saturated carbocycles. The zero-order valence-corrected chi connectivity index (χ0v) is 20.5. The molecule has 1 N–H and O–H groups in total. The number of nitrogens with zero attached hydrogens (tertiary/aromatic N) is 3. The first-order valence-electron chi connectivity index (χ1n) is 11.4. The average molecular weight is 491 g/mol. The van der Waals surface area contributed by atoms with E-state index >= 15 is 0 Å². The summed E-state index contributed by atoms with van der Waals surface area (Å²) in [5, 5.41) is 7.98. The molecular formula is C26H26N4O4S. The number of rotatable bonds is 8. The molecule has 4 aromatic rings. The normalized spacial score (nSPS) is 12.0. The van der Waals surface area contributed by atoms with Crippen LogP contribution in [0, 0.1) is 0 Å². The van der Waals surface area contributed by atoms with Gasteiger partial charge in [0.1, 0.15) is 11.6 Å². The van der Waals surface area contributed by atoms with Gasteiger partial charge < -0.3 is 10.1 Å². The maximum Gasteiger partial charge on any atom is 0.338 e. The largest absolute Gasteiger partial charge is 0.456 e. The third-order valence-electron chi connectivity index (χ3n) is 5.45. The lowest BCUT2D eigenvalue weighted by Gasteiger charge is -2.15. The van der Waals surface area contributed by atoms with Gasteiger partial charge in [0.2, 0.25) is 10.9 Å². The molecule has 0 radical (unpaired) electrons. The lowest BCUT2D eigenvalue weighted by molar-refractivity contribution is -0.117. The summed E-state index contributed by atoms with van der Waals surface area (Å²) in [7, 11) is 0. The fourth-order valence-electron chi connectivity index (χ4n) is 3.61. The number of aromatic nitrogens is 3. The van der Waals surface area contributed by atoms with Gasteiger partial charge in [0.25, 0.3) is 5.56 Å².